The predicted octanol–water partition coefficient (Wildman–Crippen LogP) is 12.7. The van der Waals surface area contributed by atoms with Crippen molar-refractivity contribution >= 4 is 85.3 Å². The summed E-state index contributed by atoms with van der Waals surface area (Å²) in [6, 6.07) is 29.5. The second-order valence-electron chi connectivity index (χ2n) is 14.6. The van der Waals surface area contributed by atoms with E-state index in [9.17, 15) is 52.7 Å². The molecular formula is C47H25BCl4F16O3S. The fourth-order valence-corrected chi connectivity index (χ4v) is 11.1. The first kappa shape index (κ1) is 56.0. The Bertz CT molecular complexity index is 2740. The summed E-state index contributed by atoms with van der Waals surface area (Å²) in [6.45, 7) is 2.24. The van der Waals surface area contributed by atoms with Crippen molar-refractivity contribution in [2.24, 2.45) is 0 Å². The maximum atomic E-state index is 15.8. The summed E-state index contributed by atoms with van der Waals surface area (Å²) < 4.78 is 255. The Hall–Kier alpha value is -5.29. The Balaban J connectivity index is 0.000000266. The van der Waals surface area contributed by atoms with Gasteiger partial charge in [0.15, 0.2) is 85.3 Å². The monoisotopic (exact) mass is 1120 g/mol. The highest BCUT2D eigenvalue weighted by Gasteiger charge is 2.51. The molecule has 0 aliphatic heterocycles. The Morgan fingerprint density at radius 3 is 0.986 bits per heavy atom. The number of hydrogen-bond donors (Lipinski definition) is 0. The number of ether oxygens (including phenoxy) is 3. The van der Waals surface area contributed by atoms with Crippen molar-refractivity contribution in [1.29, 1.82) is 0 Å². The quantitative estimate of drug-likeness (QED) is 0.0271. The molecule has 7 aromatic carbocycles. The lowest BCUT2D eigenvalue weighted by molar-refractivity contribution is 0.0540. The lowest BCUT2D eigenvalue weighted by Crippen LogP contribution is -2.79. The van der Waals surface area contributed by atoms with Gasteiger partial charge < -0.3 is 14.2 Å². The Kier molecular flexibility index (Phi) is 18.1. The normalized spacial score (nSPS) is 11.6. The molecule has 7 aromatic rings. The Morgan fingerprint density at radius 2 is 0.653 bits per heavy atom. The van der Waals surface area contributed by atoms with E-state index in [0.29, 0.717) is 26.4 Å². The summed E-state index contributed by atoms with van der Waals surface area (Å²) in [4.78, 5) is 3.74. The molecule has 0 aliphatic carbocycles. The third-order valence-electron chi connectivity index (χ3n) is 10.7. The first-order valence-electron chi connectivity index (χ1n) is 20.0. The van der Waals surface area contributed by atoms with Crippen LogP contribution in [0.5, 0.6) is 5.75 Å². The zero-order chi connectivity index (χ0) is 53.1. The number of benzene rings is 7. The molecule has 0 unspecified atom stereocenters. The van der Waals surface area contributed by atoms with Gasteiger partial charge in [0.05, 0.1) is 19.8 Å². The van der Waals surface area contributed by atoms with Crippen molar-refractivity contribution in [2.75, 3.05) is 33.5 Å². The minimum Gasteiger partial charge on any atom is -0.486 e. The summed E-state index contributed by atoms with van der Waals surface area (Å²) in [5.74, 6) is -47.4. The fourth-order valence-electron chi connectivity index (χ4n) is 7.57. The first-order chi connectivity index (χ1) is 34.1. The van der Waals surface area contributed by atoms with Gasteiger partial charge in [-0.2, -0.15) is 0 Å². The van der Waals surface area contributed by atoms with Crippen LogP contribution in [0, 0.1) is 93.1 Å². The van der Waals surface area contributed by atoms with Crippen molar-refractivity contribution in [3.05, 3.63) is 198 Å². The van der Waals surface area contributed by atoms with Crippen molar-refractivity contribution in [1.82, 2.24) is 0 Å². The van der Waals surface area contributed by atoms with Gasteiger partial charge in [-0.1, -0.05) is 94.9 Å². The zero-order valence-corrected chi connectivity index (χ0v) is 39.5. The van der Waals surface area contributed by atoms with Gasteiger partial charge in [0.2, 0.25) is 4.90 Å². The minimum atomic E-state index is -6.24. The molecule has 72 heavy (non-hydrogen) atoms. The first-order valence-corrected chi connectivity index (χ1v) is 22.7. The lowest BCUT2D eigenvalue weighted by atomic mass is 9.12. The fraction of sp³-hybridized carbons (Fsp3) is 0.106. The summed E-state index contributed by atoms with van der Waals surface area (Å²) in [7, 11) is 1.45. The molecule has 0 amide bonds. The van der Waals surface area contributed by atoms with Gasteiger partial charge in [0.25, 0.3) is 0 Å². The minimum absolute atomic E-state index is 0.222. The lowest BCUT2D eigenvalue weighted by Gasteiger charge is -2.46. The summed E-state index contributed by atoms with van der Waals surface area (Å²) in [6.07, 6.45) is -6.24. The van der Waals surface area contributed by atoms with Crippen LogP contribution in [-0.2, 0) is 20.4 Å². The average molecular weight is 1130 g/mol. The van der Waals surface area contributed by atoms with Crippen LogP contribution in [0.3, 0.4) is 0 Å². The average Bonchev–Trinajstić information content (AvgIpc) is 3.38. The van der Waals surface area contributed by atoms with Gasteiger partial charge >= 0.3 is 0 Å². The van der Waals surface area contributed by atoms with Crippen molar-refractivity contribution in [2.45, 2.75) is 14.7 Å². The summed E-state index contributed by atoms with van der Waals surface area (Å²) in [5, 5.41) is -9.69. The van der Waals surface area contributed by atoms with Crippen LogP contribution in [0.1, 0.15) is 0 Å². The molecule has 0 radical (unpaired) electrons. The summed E-state index contributed by atoms with van der Waals surface area (Å²) in [5.41, 5.74) is -10.7. The number of para-hydroxylation sites is 1. The molecule has 7 rings (SSSR count). The molecule has 0 saturated carbocycles. The molecule has 0 aromatic heterocycles. The van der Waals surface area contributed by atoms with E-state index in [1.54, 1.807) is 7.11 Å². The largest absolute Gasteiger partial charge is 0.486 e. The topological polar surface area (TPSA) is 27.7 Å². The van der Waals surface area contributed by atoms with E-state index in [2.05, 4.69) is 72.8 Å². The number of methoxy groups -OCH3 is 1. The van der Waals surface area contributed by atoms with E-state index in [1.807, 2.05) is 12.1 Å². The molecule has 0 atom stereocenters. The van der Waals surface area contributed by atoms with Crippen LogP contribution >= 0.6 is 46.4 Å². The van der Waals surface area contributed by atoms with Crippen LogP contribution in [0.4, 0.5) is 70.2 Å². The van der Waals surface area contributed by atoms with E-state index < -0.39 is 141 Å². The second kappa shape index (κ2) is 23.3. The highest BCUT2D eigenvalue weighted by atomic mass is 35.5. The van der Waals surface area contributed by atoms with Gasteiger partial charge in [-0.25, -0.2) is 70.2 Å². The molecule has 380 valence electrons. The highest BCUT2D eigenvalue weighted by Crippen LogP contribution is 2.38. The molecule has 0 aliphatic rings. The standard InChI is InChI=1S/C24BCl4F16.C23H25O3S/c26-5-1(9(30)17(38)21(42)13(5)34)25(2-6(27)14(35)22(43)18(39)10(2)31,3-7(28)15(36)23(44)19(40)11(3)32)4-8(29)16(37)24(45)20(41)12(4)33;1-24-16-17-25-18-19-26-22-14-8-9-15-23(22)27(20-10-4-2-5-11-20)21-12-6-3-7-13-21/h;2-15H,16-19H2,1H3/q-1;+1. The molecule has 0 heterocycles. The molecule has 3 nitrogen and oxygen atoms in total. The van der Waals surface area contributed by atoms with Gasteiger partial charge in [0.1, 0.15) is 46.9 Å². The van der Waals surface area contributed by atoms with Crippen LogP contribution in [-0.4, -0.2) is 39.7 Å². The van der Waals surface area contributed by atoms with Crippen LogP contribution < -0.4 is 26.6 Å². The van der Waals surface area contributed by atoms with Crippen LogP contribution in [0.15, 0.2) is 99.6 Å². The second-order valence-corrected chi connectivity index (χ2v) is 18.1. The SMILES string of the molecule is COCCOCCOc1ccccc1[S+](c1ccccc1)c1ccccc1.Fc1c(F)c(F)c([B-](c2c(F)c(F)c(F)c(F)c2Cl)(c2c(F)c(F)c(F)c(F)c2Cl)c2c(F)c(F)c(F)c(F)c2Cl)c(Cl)c1F. The number of halogens is 20. The van der Waals surface area contributed by atoms with Gasteiger partial charge in [0, 0.05) is 27.2 Å². The van der Waals surface area contributed by atoms with Crippen molar-refractivity contribution in [3.8, 4) is 5.75 Å². The molecule has 0 saturated heterocycles. The van der Waals surface area contributed by atoms with Crippen molar-refractivity contribution in [3.63, 3.8) is 0 Å². The van der Waals surface area contributed by atoms with Gasteiger partial charge in [-0.15, -0.1) is 21.9 Å². The van der Waals surface area contributed by atoms with E-state index in [4.69, 9.17) is 60.6 Å². The molecule has 25 heteroatoms. The van der Waals surface area contributed by atoms with E-state index in [-0.39, 0.29) is 10.9 Å². The highest BCUT2D eigenvalue weighted by molar-refractivity contribution is 7.97. The van der Waals surface area contributed by atoms with Crippen LogP contribution in [0.2, 0.25) is 20.1 Å². The molecule has 0 fully saturated rings. The number of hydrogen-bond acceptors (Lipinski definition) is 3. The molecule has 0 spiro atoms. The van der Waals surface area contributed by atoms with E-state index >= 15 is 17.6 Å². The van der Waals surface area contributed by atoms with Gasteiger partial charge in [-0.3, -0.25) is 0 Å². The predicted molar refractivity (Wildman–Crippen MR) is 239 cm³/mol. The zero-order valence-electron chi connectivity index (χ0n) is 35.7. The van der Waals surface area contributed by atoms with Crippen molar-refractivity contribution < 1.29 is 84.5 Å². The van der Waals surface area contributed by atoms with Gasteiger partial charge in [-0.05, 0) is 36.4 Å². The van der Waals surface area contributed by atoms with E-state index in [0.717, 1.165) is 5.75 Å². The molecular weight excluding hydrogens is 1100 g/mol. The summed E-state index contributed by atoms with van der Waals surface area (Å²) >= 11 is 22.3. The third kappa shape index (κ3) is 10.0. The third-order valence-corrected chi connectivity index (χ3v) is 14.4. The Morgan fingerprint density at radius 1 is 0.361 bits per heavy atom. The smallest absolute Gasteiger partial charge is 0.208 e. The molecule has 0 bridgehead atoms. The van der Waals surface area contributed by atoms with E-state index in [1.165, 1.54) is 14.7 Å². The maximum Gasteiger partial charge on any atom is 0.208 e. The number of rotatable bonds is 14. The van der Waals surface area contributed by atoms with Crippen LogP contribution in [0.25, 0.3) is 0 Å². The Labute approximate surface area is 420 Å². The molecule has 0 N–H and O–H groups in total. The maximum absolute atomic E-state index is 15.8.